The summed E-state index contributed by atoms with van der Waals surface area (Å²) < 4.78 is 6.57. The Balaban J connectivity index is 1.82. The van der Waals surface area contributed by atoms with Crippen molar-refractivity contribution in [1.82, 2.24) is 0 Å². The van der Waals surface area contributed by atoms with E-state index in [1.807, 2.05) is 48.5 Å². The Morgan fingerprint density at radius 3 is 2.53 bits per heavy atom. The lowest BCUT2D eigenvalue weighted by atomic mass is 10.0. The first-order valence-electron chi connectivity index (χ1n) is 9.09. The van der Waals surface area contributed by atoms with Gasteiger partial charge in [-0.1, -0.05) is 57.9 Å². The molecule has 150 valence electrons. The third kappa shape index (κ3) is 5.50. The fourth-order valence-electron chi connectivity index (χ4n) is 2.89. The Labute approximate surface area is 188 Å². The van der Waals surface area contributed by atoms with E-state index in [4.69, 9.17) is 16.3 Å². The second-order valence-electron chi connectivity index (χ2n) is 6.47. The van der Waals surface area contributed by atoms with Gasteiger partial charge in [0.25, 0.3) is 5.91 Å². The largest absolute Gasteiger partial charge is 0.496 e. The Morgan fingerprint density at radius 1 is 1.13 bits per heavy atom. The third-order valence-electron chi connectivity index (χ3n) is 4.43. The summed E-state index contributed by atoms with van der Waals surface area (Å²) in [5.74, 6) is 0.200. The number of nitriles is 1. The number of hydrogen-bond donors (Lipinski definition) is 1. The maximum absolute atomic E-state index is 12.5. The van der Waals surface area contributed by atoms with Crippen molar-refractivity contribution in [1.29, 1.82) is 5.26 Å². The first-order valence-corrected chi connectivity index (χ1v) is 10.3. The molecule has 0 unspecified atom stereocenters. The minimum Gasteiger partial charge on any atom is -0.496 e. The highest BCUT2D eigenvalue weighted by atomic mass is 79.9. The number of halogens is 2. The first-order chi connectivity index (χ1) is 14.5. The van der Waals surface area contributed by atoms with Crippen molar-refractivity contribution in [2.24, 2.45) is 0 Å². The van der Waals surface area contributed by atoms with Gasteiger partial charge >= 0.3 is 0 Å². The van der Waals surface area contributed by atoms with E-state index in [0.717, 1.165) is 15.6 Å². The first kappa shape index (κ1) is 21.6. The van der Waals surface area contributed by atoms with Gasteiger partial charge in [-0.3, -0.25) is 4.79 Å². The topological polar surface area (TPSA) is 62.1 Å². The number of anilines is 1. The maximum Gasteiger partial charge on any atom is 0.266 e. The predicted molar refractivity (Wildman–Crippen MR) is 124 cm³/mol. The average Bonchev–Trinajstić information content (AvgIpc) is 2.76. The molecule has 4 nitrogen and oxygen atoms in total. The van der Waals surface area contributed by atoms with E-state index >= 15 is 0 Å². The summed E-state index contributed by atoms with van der Waals surface area (Å²) in [7, 11) is 1.60. The molecule has 0 aliphatic heterocycles. The number of amides is 1. The summed E-state index contributed by atoms with van der Waals surface area (Å²) in [5.41, 5.74) is 3.40. The van der Waals surface area contributed by atoms with Gasteiger partial charge in [-0.05, 0) is 59.2 Å². The molecule has 1 amide bonds. The van der Waals surface area contributed by atoms with Gasteiger partial charge in [0.15, 0.2) is 0 Å². The van der Waals surface area contributed by atoms with Crippen LogP contribution >= 0.6 is 27.5 Å². The van der Waals surface area contributed by atoms with Crippen molar-refractivity contribution < 1.29 is 9.53 Å². The normalized spacial score (nSPS) is 10.9. The van der Waals surface area contributed by atoms with Gasteiger partial charge in [-0.15, -0.1) is 0 Å². The molecule has 0 saturated carbocycles. The summed E-state index contributed by atoms with van der Waals surface area (Å²) in [6.07, 6.45) is 2.23. The molecule has 0 aliphatic rings. The van der Waals surface area contributed by atoms with E-state index in [1.165, 1.54) is 6.08 Å². The van der Waals surface area contributed by atoms with Crippen LogP contribution < -0.4 is 10.1 Å². The van der Waals surface area contributed by atoms with Crippen LogP contribution in [0.5, 0.6) is 5.75 Å². The Morgan fingerprint density at radius 2 is 1.87 bits per heavy atom. The average molecular weight is 482 g/mol. The standard InChI is InChI=1S/C24H18BrClN2O2/c1-30-23-13-16(6-7-18(23)14-17-4-2-3-5-22(17)25)12-19(15-27)24(29)28-21-10-8-20(26)9-11-21/h2-13H,14H2,1H3,(H,28,29)/b19-12+. The molecular weight excluding hydrogens is 464 g/mol. The van der Waals surface area contributed by atoms with E-state index in [1.54, 1.807) is 31.4 Å². The highest BCUT2D eigenvalue weighted by Gasteiger charge is 2.12. The van der Waals surface area contributed by atoms with Crippen LogP contribution in [-0.2, 0) is 11.2 Å². The number of carbonyl (C=O) groups excluding carboxylic acids is 1. The molecule has 6 heteroatoms. The molecule has 30 heavy (non-hydrogen) atoms. The molecule has 3 rings (SSSR count). The highest BCUT2D eigenvalue weighted by Crippen LogP contribution is 2.27. The van der Waals surface area contributed by atoms with Gasteiger partial charge < -0.3 is 10.1 Å². The number of carbonyl (C=O) groups is 1. The molecule has 1 N–H and O–H groups in total. The lowest BCUT2D eigenvalue weighted by Gasteiger charge is -2.11. The fourth-order valence-corrected chi connectivity index (χ4v) is 3.44. The molecule has 0 bridgehead atoms. The fraction of sp³-hybridized carbons (Fsp3) is 0.0833. The van der Waals surface area contributed by atoms with Crippen molar-refractivity contribution in [2.45, 2.75) is 6.42 Å². The van der Waals surface area contributed by atoms with Gasteiger partial charge in [-0.2, -0.15) is 5.26 Å². The number of rotatable bonds is 6. The summed E-state index contributed by atoms with van der Waals surface area (Å²) in [5, 5.41) is 12.7. The van der Waals surface area contributed by atoms with Crippen molar-refractivity contribution in [3.63, 3.8) is 0 Å². The molecule has 0 atom stereocenters. The van der Waals surface area contributed by atoms with Gasteiger partial charge in [0.2, 0.25) is 0 Å². The zero-order valence-corrected chi connectivity index (χ0v) is 18.5. The number of nitrogens with zero attached hydrogens (tertiary/aromatic N) is 1. The minimum atomic E-state index is -0.490. The van der Waals surface area contributed by atoms with Crippen LogP contribution in [-0.4, -0.2) is 13.0 Å². The quantitative estimate of drug-likeness (QED) is 0.334. The molecule has 0 spiro atoms. The van der Waals surface area contributed by atoms with Gasteiger partial charge in [0.05, 0.1) is 7.11 Å². The lowest BCUT2D eigenvalue weighted by Crippen LogP contribution is -2.13. The van der Waals surface area contributed by atoms with Crippen LogP contribution in [0.2, 0.25) is 5.02 Å². The molecular formula is C24H18BrClN2O2. The van der Waals surface area contributed by atoms with Gasteiger partial charge in [0.1, 0.15) is 17.4 Å². The zero-order valence-electron chi connectivity index (χ0n) is 16.2. The van der Waals surface area contributed by atoms with Crippen LogP contribution in [0.15, 0.2) is 76.8 Å². The maximum atomic E-state index is 12.5. The molecule has 0 aromatic heterocycles. The number of methoxy groups -OCH3 is 1. The van der Waals surface area contributed by atoms with Gasteiger partial charge in [0, 0.05) is 21.6 Å². The van der Waals surface area contributed by atoms with E-state index in [2.05, 4.69) is 21.2 Å². The van der Waals surface area contributed by atoms with E-state index in [9.17, 15) is 10.1 Å². The molecule has 0 saturated heterocycles. The van der Waals surface area contributed by atoms with Gasteiger partial charge in [-0.25, -0.2) is 0 Å². The summed E-state index contributed by atoms with van der Waals surface area (Å²) in [4.78, 5) is 12.5. The van der Waals surface area contributed by atoms with E-state index in [-0.39, 0.29) is 5.57 Å². The monoisotopic (exact) mass is 480 g/mol. The third-order valence-corrected chi connectivity index (χ3v) is 5.45. The summed E-state index contributed by atoms with van der Waals surface area (Å²) in [6.45, 7) is 0. The number of ether oxygens (including phenoxy) is 1. The lowest BCUT2D eigenvalue weighted by molar-refractivity contribution is -0.112. The molecule has 3 aromatic rings. The summed E-state index contributed by atoms with van der Waals surface area (Å²) >= 11 is 9.42. The van der Waals surface area contributed by atoms with Crippen LogP contribution in [0.1, 0.15) is 16.7 Å². The number of benzene rings is 3. The Kier molecular flexibility index (Phi) is 7.29. The molecule has 0 radical (unpaired) electrons. The molecule has 3 aromatic carbocycles. The second-order valence-corrected chi connectivity index (χ2v) is 7.76. The minimum absolute atomic E-state index is 0.00874. The van der Waals surface area contributed by atoms with E-state index < -0.39 is 5.91 Å². The van der Waals surface area contributed by atoms with Crippen molar-refractivity contribution in [3.05, 3.63) is 98.5 Å². The zero-order chi connectivity index (χ0) is 21.5. The van der Waals surface area contributed by atoms with E-state index in [0.29, 0.717) is 28.4 Å². The van der Waals surface area contributed by atoms with Crippen LogP contribution in [0.3, 0.4) is 0 Å². The number of nitrogens with one attached hydrogen (secondary N) is 1. The molecule has 0 heterocycles. The van der Waals surface area contributed by atoms with Crippen LogP contribution in [0.4, 0.5) is 5.69 Å². The van der Waals surface area contributed by atoms with Crippen molar-refractivity contribution in [3.8, 4) is 11.8 Å². The number of hydrogen-bond acceptors (Lipinski definition) is 3. The van der Waals surface area contributed by atoms with Crippen molar-refractivity contribution >= 4 is 45.2 Å². The molecule has 0 aliphatic carbocycles. The SMILES string of the molecule is COc1cc(/C=C(\C#N)C(=O)Nc2ccc(Cl)cc2)ccc1Cc1ccccc1Br. The highest BCUT2D eigenvalue weighted by molar-refractivity contribution is 9.10. The van der Waals surface area contributed by atoms with Crippen LogP contribution in [0.25, 0.3) is 6.08 Å². The summed E-state index contributed by atoms with van der Waals surface area (Å²) in [6, 6.07) is 22.3. The Hall–Kier alpha value is -3.07. The van der Waals surface area contributed by atoms with Crippen LogP contribution in [0, 0.1) is 11.3 Å². The van der Waals surface area contributed by atoms with Crippen molar-refractivity contribution in [2.75, 3.05) is 12.4 Å². The second kappa shape index (κ2) is 10.1. The smallest absolute Gasteiger partial charge is 0.266 e. The Bertz CT molecular complexity index is 1130. The molecule has 0 fully saturated rings. The predicted octanol–water partition coefficient (Wildman–Crippen LogP) is 6.25.